The van der Waals surface area contributed by atoms with Crippen LogP contribution >= 0.6 is 11.3 Å². The number of hydrogen-bond acceptors (Lipinski definition) is 4. The summed E-state index contributed by atoms with van der Waals surface area (Å²) in [5, 5.41) is 0.537. The second-order valence-corrected chi connectivity index (χ2v) is 4.47. The lowest BCUT2D eigenvalue weighted by Crippen LogP contribution is -2.13. The Labute approximate surface area is 96.9 Å². The number of carbonyl (C=O) groups is 1. The maximum Gasteiger partial charge on any atom is 0.221 e. The van der Waals surface area contributed by atoms with E-state index in [1.54, 1.807) is 6.20 Å². The van der Waals surface area contributed by atoms with Crippen molar-refractivity contribution < 1.29 is 4.79 Å². The second-order valence-electron chi connectivity index (χ2n) is 3.41. The minimum atomic E-state index is -0.332. The van der Waals surface area contributed by atoms with Crippen molar-refractivity contribution in [1.29, 1.82) is 0 Å². The molecule has 2 aromatic rings. The molecule has 1 heterocycles. The number of amides is 1. The second kappa shape index (κ2) is 4.32. The summed E-state index contributed by atoms with van der Waals surface area (Å²) in [6, 6.07) is 7.65. The first-order chi connectivity index (χ1) is 7.65. The van der Waals surface area contributed by atoms with Gasteiger partial charge in [0.05, 0.1) is 11.3 Å². The van der Waals surface area contributed by atoms with Gasteiger partial charge in [0.15, 0.2) is 5.13 Å². The number of nitrogens with zero attached hydrogens (tertiary/aromatic N) is 1. The zero-order valence-corrected chi connectivity index (χ0v) is 9.33. The van der Waals surface area contributed by atoms with Crippen molar-refractivity contribution in [3.05, 3.63) is 36.0 Å². The van der Waals surface area contributed by atoms with E-state index in [-0.39, 0.29) is 12.3 Å². The summed E-state index contributed by atoms with van der Waals surface area (Å²) in [4.78, 5) is 15.8. The van der Waals surface area contributed by atoms with Crippen LogP contribution in [0.4, 0.5) is 5.13 Å². The molecular formula is C11H11N3OS. The Morgan fingerprint density at radius 2 is 2.25 bits per heavy atom. The molecule has 0 saturated heterocycles. The average molecular weight is 233 g/mol. The highest BCUT2D eigenvalue weighted by Crippen LogP contribution is 2.27. The summed E-state index contributed by atoms with van der Waals surface area (Å²) in [6.45, 7) is 0. The van der Waals surface area contributed by atoms with Crippen molar-refractivity contribution in [3.8, 4) is 10.4 Å². The zero-order valence-electron chi connectivity index (χ0n) is 8.51. The van der Waals surface area contributed by atoms with Gasteiger partial charge in [-0.05, 0) is 17.2 Å². The van der Waals surface area contributed by atoms with Crippen molar-refractivity contribution in [2.75, 3.05) is 5.73 Å². The Balaban J connectivity index is 2.32. The summed E-state index contributed by atoms with van der Waals surface area (Å²) < 4.78 is 0. The van der Waals surface area contributed by atoms with Crippen molar-refractivity contribution >= 4 is 22.4 Å². The third-order valence-electron chi connectivity index (χ3n) is 2.11. The van der Waals surface area contributed by atoms with E-state index in [0.29, 0.717) is 5.13 Å². The summed E-state index contributed by atoms with van der Waals surface area (Å²) in [6.07, 6.45) is 1.98. The van der Waals surface area contributed by atoms with Crippen molar-refractivity contribution in [3.63, 3.8) is 0 Å². The monoisotopic (exact) mass is 233 g/mol. The van der Waals surface area contributed by atoms with Gasteiger partial charge < -0.3 is 11.5 Å². The largest absolute Gasteiger partial charge is 0.375 e. The van der Waals surface area contributed by atoms with Crippen LogP contribution in [0.3, 0.4) is 0 Å². The minimum absolute atomic E-state index is 0.252. The van der Waals surface area contributed by atoms with Gasteiger partial charge in [-0.3, -0.25) is 4.79 Å². The van der Waals surface area contributed by atoms with E-state index in [1.807, 2.05) is 24.3 Å². The van der Waals surface area contributed by atoms with Gasteiger partial charge in [0.2, 0.25) is 5.91 Å². The van der Waals surface area contributed by atoms with E-state index in [4.69, 9.17) is 11.5 Å². The average Bonchev–Trinajstić information content (AvgIpc) is 2.64. The van der Waals surface area contributed by atoms with E-state index < -0.39 is 0 Å². The predicted molar refractivity (Wildman–Crippen MR) is 64.9 cm³/mol. The standard InChI is InChI=1S/C11H11N3OS/c12-10(15)5-7-2-1-3-8(4-7)9-6-14-11(13)16-9/h1-4,6H,5H2,(H2,12,15)(H2,13,14). The maximum atomic E-state index is 10.8. The molecule has 4 nitrogen and oxygen atoms in total. The van der Waals surface area contributed by atoms with Crippen LogP contribution in [-0.2, 0) is 11.2 Å². The van der Waals surface area contributed by atoms with E-state index in [1.165, 1.54) is 11.3 Å². The van der Waals surface area contributed by atoms with Crippen molar-refractivity contribution in [1.82, 2.24) is 4.98 Å². The van der Waals surface area contributed by atoms with Gasteiger partial charge >= 0.3 is 0 Å². The van der Waals surface area contributed by atoms with E-state index >= 15 is 0 Å². The van der Waals surface area contributed by atoms with Crippen LogP contribution in [0.5, 0.6) is 0 Å². The molecule has 0 aliphatic rings. The fraction of sp³-hybridized carbons (Fsp3) is 0.0909. The smallest absolute Gasteiger partial charge is 0.221 e. The molecule has 0 saturated carbocycles. The Hall–Kier alpha value is -1.88. The number of thiazole rings is 1. The van der Waals surface area contributed by atoms with Crippen LogP contribution in [0.25, 0.3) is 10.4 Å². The lowest BCUT2D eigenvalue weighted by atomic mass is 10.1. The highest BCUT2D eigenvalue weighted by molar-refractivity contribution is 7.18. The molecule has 16 heavy (non-hydrogen) atoms. The minimum Gasteiger partial charge on any atom is -0.375 e. The Bertz CT molecular complexity index is 521. The number of anilines is 1. The number of aromatic nitrogens is 1. The van der Waals surface area contributed by atoms with Crippen LogP contribution in [0.2, 0.25) is 0 Å². The number of nitrogens with two attached hydrogens (primary N) is 2. The van der Waals surface area contributed by atoms with E-state index in [2.05, 4.69) is 4.98 Å². The highest BCUT2D eigenvalue weighted by atomic mass is 32.1. The molecule has 0 spiro atoms. The number of hydrogen-bond donors (Lipinski definition) is 2. The molecule has 0 aliphatic heterocycles. The Kier molecular flexibility index (Phi) is 2.87. The first kappa shape index (κ1) is 10.6. The summed E-state index contributed by atoms with van der Waals surface area (Å²) in [5.41, 5.74) is 12.6. The predicted octanol–water partition coefficient (Wildman–Crippen LogP) is 1.42. The SMILES string of the molecule is NC(=O)Cc1cccc(-c2cnc(N)s2)c1. The van der Waals surface area contributed by atoms with Crippen LogP contribution in [0, 0.1) is 0 Å². The molecule has 2 rings (SSSR count). The van der Waals surface area contributed by atoms with Crippen LogP contribution in [0.1, 0.15) is 5.56 Å². The number of carbonyl (C=O) groups excluding carboxylic acids is 1. The van der Waals surface area contributed by atoms with E-state index in [9.17, 15) is 4.79 Å². The molecule has 1 amide bonds. The molecule has 5 heteroatoms. The molecule has 1 aromatic heterocycles. The Morgan fingerprint density at radius 3 is 2.88 bits per heavy atom. The van der Waals surface area contributed by atoms with Gasteiger partial charge in [0.1, 0.15) is 0 Å². The number of benzene rings is 1. The third kappa shape index (κ3) is 2.38. The topological polar surface area (TPSA) is 82.0 Å². The quantitative estimate of drug-likeness (QED) is 0.841. The number of nitrogen functional groups attached to an aromatic ring is 1. The summed E-state index contributed by atoms with van der Waals surface area (Å²) >= 11 is 1.42. The number of primary amides is 1. The third-order valence-corrected chi connectivity index (χ3v) is 2.99. The fourth-order valence-corrected chi connectivity index (χ4v) is 2.14. The molecule has 0 bridgehead atoms. The van der Waals surface area contributed by atoms with Crippen molar-refractivity contribution in [2.45, 2.75) is 6.42 Å². The Morgan fingerprint density at radius 1 is 1.44 bits per heavy atom. The van der Waals surface area contributed by atoms with Crippen LogP contribution < -0.4 is 11.5 Å². The fourth-order valence-electron chi connectivity index (χ4n) is 1.46. The van der Waals surface area contributed by atoms with Crippen LogP contribution in [-0.4, -0.2) is 10.9 Å². The molecular weight excluding hydrogens is 222 g/mol. The van der Waals surface area contributed by atoms with Crippen LogP contribution in [0.15, 0.2) is 30.5 Å². The van der Waals surface area contributed by atoms with E-state index in [0.717, 1.165) is 16.0 Å². The lowest BCUT2D eigenvalue weighted by Gasteiger charge is -2.00. The molecule has 0 fully saturated rings. The van der Waals surface area contributed by atoms with Crippen molar-refractivity contribution in [2.24, 2.45) is 5.73 Å². The van der Waals surface area contributed by atoms with Gasteiger partial charge in [-0.2, -0.15) is 0 Å². The summed E-state index contributed by atoms with van der Waals surface area (Å²) in [7, 11) is 0. The zero-order chi connectivity index (χ0) is 11.5. The number of rotatable bonds is 3. The molecule has 82 valence electrons. The highest BCUT2D eigenvalue weighted by Gasteiger charge is 2.04. The van der Waals surface area contributed by atoms with Gasteiger partial charge in [0, 0.05) is 6.20 Å². The van der Waals surface area contributed by atoms with Gasteiger partial charge in [0.25, 0.3) is 0 Å². The normalized spacial score (nSPS) is 10.2. The summed E-state index contributed by atoms with van der Waals surface area (Å²) in [5.74, 6) is -0.332. The molecule has 1 aromatic carbocycles. The van der Waals surface area contributed by atoms with Gasteiger partial charge in [-0.25, -0.2) is 4.98 Å². The lowest BCUT2D eigenvalue weighted by molar-refractivity contribution is -0.117. The first-order valence-electron chi connectivity index (χ1n) is 4.74. The molecule has 0 radical (unpaired) electrons. The first-order valence-corrected chi connectivity index (χ1v) is 5.56. The molecule has 0 aliphatic carbocycles. The molecule has 0 atom stereocenters. The van der Waals surface area contributed by atoms with Gasteiger partial charge in [-0.1, -0.05) is 29.5 Å². The molecule has 0 unspecified atom stereocenters. The molecule has 4 N–H and O–H groups in total. The van der Waals surface area contributed by atoms with Gasteiger partial charge in [-0.15, -0.1) is 0 Å². The maximum absolute atomic E-state index is 10.8.